The fraction of sp³-hybridized carbons (Fsp3) is 1.00. The maximum absolute atomic E-state index is 9.54. The molecule has 3 N–H and O–H groups in total. The normalized spacial score (nSPS) is 39.2. The van der Waals surface area contributed by atoms with Gasteiger partial charge in [-0.2, -0.15) is 0 Å². The standard InChI is InChI=1S/C15H31N3O/c1-3-13-11-17(2)8-5-9-18(13)14-6-4-7-15(16,10-14)12-19/h13-14,19H,3-12,16H2,1-2H3. The summed E-state index contributed by atoms with van der Waals surface area (Å²) < 4.78 is 0. The summed E-state index contributed by atoms with van der Waals surface area (Å²) in [5.41, 5.74) is 5.99. The summed E-state index contributed by atoms with van der Waals surface area (Å²) in [6.07, 6.45) is 6.80. The first-order valence-electron chi connectivity index (χ1n) is 7.92. The summed E-state index contributed by atoms with van der Waals surface area (Å²) in [6, 6.07) is 1.22. The molecule has 2 rings (SSSR count). The van der Waals surface area contributed by atoms with Gasteiger partial charge >= 0.3 is 0 Å². The highest BCUT2D eigenvalue weighted by atomic mass is 16.3. The van der Waals surface area contributed by atoms with Gasteiger partial charge in [0.15, 0.2) is 0 Å². The maximum Gasteiger partial charge on any atom is 0.0611 e. The van der Waals surface area contributed by atoms with Gasteiger partial charge in [0, 0.05) is 24.2 Å². The van der Waals surface area contributed by atoms with Gasteiger partial charge < -0.3 is 15.7 Å². The Morgan fingerprint density at radius 2 is 2.11 bits per heavy atom. The summed E-state index contributed by atoms with van der Waals surface area (Å²) in [7, 11) is 2.23. The third-order valence-corrected chi connectivity index (χ3v) is 5.06. The first kappa shape index (κ1) is 15.2. The molecule has 0 amide bonds. The monoisotopic (exact) mass is 269 g/mol. The molecule has 0 bridgehead atoms. The first-order valence-corrected chi connectivity index (χ1v) is 7.92. The Balaban J connectivity index is 2.05. The van der Waals surface area contributed by atoms with Crippen LogP contribution in [0.1, 0.15) is 45.4 Å². The van der Waals surface area contributed by atoms with Crippen LogP contribution < -0.4 is 5.73 Å². The number of likely N-dealkylation sites (N-methyl/N-ethyl adjacent to an activating group) is 1. The van der Waals surface area contributed by atoms with E-state index in [0.717, 1.165) is 19.3 Å². The summed E-state index contributed by atoms with van der Waals surface area (Å²) in [4.78, 5) is 5.15. The first-order chi connectivity index (χ1) is 9.08. The van der Waals surface area contributed by atoms with Crippen LogP contribution in [0.5, 0.6) is 0 Å². The van der Waals surface area contributed by atoms with E-state index in [1.807, 2.05) is 0 Å². The number of rotatable bonds is 3. The molecule has 4 nitrogen and oxygen atoms in total. The molecule has 19 heavy (non-hydrogen) atoms. The number of hydrogen-bond acceptors (Lipinski definition) is 4. The van der Waals surface area contributed by atoms with Gasteiger partial charge in [0.25, 0.3) is 0 Å². The van der Waals surface area contributed by atoms with Crippen LogP contribution in [-0.4, -0.2) is 65.8 Å². The third kappa shape index (κ3) is 3.69. The fourth-order valence-corrected chi connectivity index (χ4v) is 3.90. The molecule has 0 aromatic heterocycles. The number of hydrogen-bond donors (Lipinski definition) is 2. The topological polar surface area (TPSA) is 52.7 Å². The van der Waals surface area contributed by atoms with Crippen molar-refractivity contribution in [2.24, 2.45) is 5.73 Å². The van der Waals surface area contributed by atoms with Crippen molar-refractivity contribution in [2.75, 3.05) is 33.3 Å². The molecule has 1 saturated heterocycles. The molecule has 0 aromatic carbocycles. The summed E-state index contributed by atoms with van der Waals surface area (Å²) in [5.74, 6) is 0. The maximum atomic E-state index is 9.54. The minimum Gasteiger partial charge on any atom is -0.394 e. The summed E-state index contributed by atoms with van der Waals surface area (Å²) in [6.45, 7) is 5.99. The molecule has 1 saturated carbocycles. The molecule has 1 aliphatic heterocycles. The molecule has 1 heterocycles. The highest BCUT2D eigenvalue weighted by Crippen LogP contribution is 2.31. The zero-order chi connectivity index (χ0) is 13.9. The Labute approximate surface area is 117 Å². The highest BCUT2D eigenvalue weighted by molar-refractivity contribution is 4.96. The van der Waals surface area contributed by atoms with Crippen LogP contribution in [0.2, 0.25) is 0 Å². The van der Waals surface area contributed by atoms with Gasteiger partial charge in [0.1, 0.15) is 0 Å². The summed E-state index contributed by atoms with van der Waals surface area (Å²) in [5, 5.41) is 9.54. The van der Waals surface area contributed by atoms with E-state index in [9.17, 15) is 5.11 Å². The SMILES string of the molecule is CCC1CN(C)CCCN1C1CCCC(N)(CO)C1. The Morgan fingerprint density at radius 3 is 2.79 bits per heavy atom. The lowest BCUT2D eigenvalue weighted by molar-refractivity contribution is 0.0541. The van der Waals surface area contributed by atoms with Crippen molar-refractivity contribution < 1.29 is 5.11 Å². The predicted octanol–water partition coefficient (Wildman–Crippen LogP) is 1.03. The number of aliphatic hydroxyl groups is 1. The van der Waals surface area contributed by atoms with Crippen LogP contribution in [-0.2, 0) is 0 Å². The second-order valence-corrected chi connectivity index (χ2v) is 6.69. The van der Waals surface area contributed by atoms with Crippen molar-refractivity contribution >= 4 is 0 Å². The molecular weight excluding hydrogens is 238 g/mol. The minimum atomic E-state index is -0.334. The van der Waals surface area contributed by atoms with Crippen molar-refractivity contribution in [1.29, 1.82) is 0 Å². The third-order valence-electron chi connectivity index (χ3n) is 5.06. The van der Waals surface area contributed by atoms with Gasteiger partial charge in [-0.05, 0) is 58.7 Å². The molecule has 3 atom stereocenters. The zero-order valence-electron chi connectivity index (χ0n) is 12.6. The molecule has 2 aliphatic rings. The van der Waals surface area contributed by atoms with Crippen molar-refractivity contribution in [3.8, 4) is 0 Å². The van der Waals surface area contributed by atoms with Gasteiger partial charge in [-0.15, -0.1) is 0 Å². The quantitative estimate of drug-likeness (QED) is 0.804. The molecule has 0 radical (unpaired) electrons. The van der Waals surface area contributed by atoms with E-state index in [-0.39, 0.29) is 12.1 Å². The number of nitrogens with zero attached hydrogens (tertiary/aromatic N) is 2. The van der Waals surface area contributed by atoms with Crippen LogP contribution in [0.25, 0.3) is 0 Å². The Hall–Kier alpha value is -0.160. The van der Waals surface area contributed by atoms with Crippen molar-refractivity contribution in [3.05, 3.63) is 0 Å². The minimum absolute atomic E-state index is 0.133. The molecule has 0 spiro atoms. The van der Waals surface area contributed by atoms with Gasteiger partial charge in [0.2, 0.25) is 0 Å². The van der Waals surface area contributed by atoms with E-state index >= 15 is 0 Å². The van der Waals surface area contributed by atoms with Gasteiger partial charge in [-0.3, -0.25) is 4.90 Å². The predicted molar refractivity (Wildman–Crippen MR) is 79.2 cm³/mol. The smallest absolute Gasteiger partial charge is 0.0611 e. The van der Waals surface area contributed by atoms with E-state index in [1.165, 1.54) is 38.9 Å². The van der Waals surface area contributed by atoms with E-state index in [4.69, 9.17) is 5.73 Å². The van der Waals surface area contributed by atoms with Crippen molar-refractivity contribution in [1.82, 2.24) is 9.80 Å². The molecule has 1 aliphatic carbocycles. The fourth-order valence-electron chi connectivity index (χ4n) is 3.90. The zero-order valence-corrected chi connectivity index (χ0v) is 12.6. The van der Waals surface area contributed by atoms with Crippen LogP contribution in [0.3, 0.4) is 0 Å². The molecular formula is C15H31N3O. The Kier molecular flexibility index (Phi) is 5.23. The molecule has 4 heteroatoms. The molecule has 2 fully saturated rings. The molecule has 112 valence electrons. The van der Waals surface area contributed by atoms with Crippen LogP contribution in [0, 0.1) is 0 Å². The second kappa shape index (κ2) is 6.53. The highest BCUT2D eigenvalue weighted by Gasteiger charge is 2.37. The lowest BCUT2D eigenvalue weighted by Gasteiger charge is -2.44. The Morgan fingerprint density at radius 1 is 1.32 bits per heavy atom. The van der Waals surface area contributed by atoms with E-state index in [2.05, 4.69) is 23.8 Å². The second-order valence-electron chi connectivity index (χ2n) is 6.69. The number of aliphatic hydroxyl groups excluding tert-OH is 1. The van der Waals surface area contributed by atoms with Crippen LogP contribution in [0.15, 0.2) is 0 Å². The average molecular weight is 269 g/mol. The Bertz CT molecular complexity index is 287. The van der Waals surface area contributed by atoms with Crippen molar-refractivity contribution in [3.63, 3.8) is 0 Å². The van der Waals surface area contributed by atoms with Gasteiger partial charge in [-0.25, -0.2) is 0 Å². The largest absolute Gasteiger partial charge is 0.394 e. The lowest BCUT2D eigenvalue weighted by atomic mass is 9.79. The van der Waals surface area contributed by atoms with Crippen molar-refractivity contribution in [2.45, 2.75) is 63.1 Å². The van der Waals surface area contributed by atoms with E-state index < -0.39 is 0 Å². The summed E-state index contributed by atoms with van der Waals surface area (Å²) >= 11 is 0. The van der Waals surface area contributed by atoms with E-state index in [1.54, 1.807) is 0 Å². The van der Waals surface area contributed by atoms with E-state index in [0.29, 0.717) is 12.1 Å². The molecule has 3 unspecified atom stereocenters. The number of nitrogens with two attached hydrogens (primary N) is 1. The lowest BCUT2D eigenvalue weighted by Crippen LogP contribution is -2.55. The molecule has 0 aromatic rings. The van der Waals surface area contributed by atoms with Gasteiger partial charge in [0.05, 0.1) is 6.61 Å². The van der Waals surface area contributed by atoms with Crippen LogP contribution in [0.4, 0.5) is 0 Å². The average Bonchev–Trinajstić information content (AvgIpc) is 2.60. The van der Waals surface area contributed by atoms with Crippen LogP contribution >= 0.6 is 0 Å². The van der Waals surface area contributed by atoms with Gasteiger partial charge in [-0.1, -0.05) is 6.92 Å².